The minimum Gasteiger partial charge on any atom is -0.480 e. The van der Waals surface area contributed by atoms with Crippen molar-refractivity contribution in [3.05, 3.63) is 12.4 Å². The van der Waals surface area contributed by atoms with E-state index in [1.807, 2.05) is 0 Å². The van der Waals surface area contributed by atoms with Crippen LogP contribution in [-0.4, -0.2) is 38.7 Å². The number of rotatable bonds is 2. The third-order valence-corrected chi connectivity index (χ3v) is 2.22. The molecule has 0 aliphatic carbocycles. The Balaban J connectivity index is 0.000000980. The van der Waals surface area contributed by atoms with E-state index in [1.165, 1.54) is 0 Å². The Hall–Kier alpha value is -0.850. The van der Waals surface area contributed by atoms with Crippen molar-refractivity contribution in [2.75, 3.05) is 6.54 Å². The molecule has 0 spiro atoms. The van der Waals surface area contributed by atoms with E-state index in [9.17, 15) is 4.79 Å². The highest BCUT2D eigenvalue weighted by Gasteiger charge is 2.30. The van der Waals surface area contributed by atoms with E-state index < -0.39 is 12.0 Å². The predicted octanol–water partition coefficient (Wildman–Crippen LogP) is 0.109. The molecule has 1 aromatic rings. The number of carboxylic acid groups (broad SMARTS) is 1. The fourth-order valence-corrected chi connectivity index (χ4v) is 1.52. The average Bonchev–Trinajstić information content (AvgIpc) is 2.75. The van der Waals surface area contributed by atoms with Gasteiger partial charge in [0.25, 0.3) is 0 Å². The highest BCUT2D eigenvalue weighted by molar-refractivity contribution is 5.85. The summed E-state index contributed by atoms with van der Waals surface area (Å²) in [6, 6.07) is -0.335. The summed E-state index contributed by atoms with van der Waals surface area (Å²) in [4.78, 5) is 10.6. The van der Waals surface area contributed by atoms with E-state index in [0.29, 0.717) is 13.0 Å². The lowest BCUT2D eigenvalue weighted by molar-refractivity contribution is -0.139. The van der Waals surface area contributed by atoms with E-state index in [-0.39, 0.29) is 30.9 Å². The maximum atomic E-state index is 10.6. The van der Waals surface area contributed by atoms with Gasteiger partial charge in [-0.3, -0.25) is 4.79 Å². The monoisotopic (exact) mass is 254 g/mol. The van der Waals surface area contributed by atoms with Crippen LogP contribution in [0, 0.1) is 0 Å². The van der Waals surface area contributed by atoms with Crippen LogP contribution in [0.15, 0.2) is 12.4 Å². The topological polar surface area (TPSA) is 80.0 Å². The SMILES string of the molecule is Cl.Cl.O=C(O)[C@H]1C[C@@H](n2ccnn2)CN1. The van der Waals surface area contributed by atoms with Gasteiger partial charge in [-0.1, -0.05) is 5.21 Å². The number of hydrogen-bond donors (Lipinski definition) is 2. The van der Waals surface area contributed by atoms with Crippen LogP contribution in [0.1, 0.15) is 12.5 Å². The third-order valence-electron chi connectivity index (χ3n) is 2.22. The standard InChI is InChI=1S/C7H10N4O2.2ClH/c12-7(13)6-3-5(4-8-6)11-2-1-9-10-11;;/h1-2,5-6,8H,3-4H2,(H,12,13);2*1H/t5-,6-;;/m1../s1. The van der Waals surface area contributed by atoms with Crippen molar-refractivity contribution in [1.82, 2.24) is 20.3 Å². The van der Waals surface area contributed by atoms with Crippen molar-refractivity contribution >= 4 is 30.8 Å². The molecular weight excluding hydrogens is 243 g/mol. The lowest BCUT2D eigenvalue weighted by Gasteiger charge is -2.06. The van der Waals surface area contributed by atoms with Gasteiger partial charge in [-0.15, -0.1) is 29.9 Å². The molecule has 86 valence electrons. The number of hydrogen-bond acceptors (Lipinski definition) is 4. The van der Waals surface area contributed by atoms with Gasteiger partial charge in [0.15, 0.2) is 0 Å². The van der Waals surface area contributed by atoms with Crippen LogP contribution in [0.3, 0.4) is 0 Å². The van der Waals surface area contributed by atoms with Crippen LogP contribution >= 0.6 is 24.8 Å². The summed E-state index contributed by atoms with van der Waals surface area (Å²) in [5.41, 5.74) is 0. The highest BCUT2D eigenvalue weighted by atomic mass is 35.5. The fraction of sp³-hybridized carbons (Fsp3) is 0.571. The highest BCUT2D eigenvalue weighted by Crippen LogP contribution is 2.17. The molecule has 1 aliphatic heterocycles. The summed E-state index contributed by atoms with van der Waals surface area (Å²) in [7, 11) is 0. The molecule has 15 heavy (non-hydrogen) atoms. The largest absolute Gasteiger partial charge is 0.480 e. The van der Waals surface area contributed by atoms with E-state index >= 15 is 0 Å². The summed E-state index contributed by atoms with van der Waals surface area (Å²) in [6.07, 6.45) is 3.91. The molecule has 0 saturated carbocycles. The predicted molar refractivity (Wildman–Crippen MR) is 57.6 cm³/mol. The number of carboxylic acids is 1. The Labute approximate surface area is 98.9 Å². The average molecular weight is 255 g/mol. The van der Waals surface area contributed by atoms with Gasteiger partial charge in [0, 0.05) is 12.7 Å². The Morgan fingerprint density at radius 3 is 2.73 bits per heavy atom. The van der Waals surface area contributed by atoms with Crippen molar-refractivity contribution in [2.45, 2.75) is 18.5 Å². The molecule has 2 N–H and O–H groups in total. The van der Waals surface area contributed by atoms with Crippen LogP contribution < -0.4 is 5.32 Å². The van der Waals surface area contributed by atoms with Gasteiger partial charge in [-0.25, -0.2) is 4.68 Å². The first kappa shape index (κ1) is 14.2. The van der Waals surface area contributed by atoms with Gasteiger partial charge in [0.05, 0.1) is 12.2 Å². The van der Waals surface area contributed by atoms with Crippen LogP contribution in [-0.2, 0) is 4.79 Å². The Bertz CT molecular complexity index is 306. The third kappa shape index (κ3) is 3.05. The lowest BCUT2D eigenvalue weighted by Crippen LogP contribution is -2.29. The molecule has 2 rings (SSSR count). The van der Waals surface area contributed by atoms with Gasteiger partial charge >= 0.3 is 5.97 Å². The van der Waals surface area contributed by atoms with Crippen LogP contribution in [0.2, 0.25) is 0 Å². The molecule has 1 fully saturated rings. The minimum atomic E-state index is -0.803. The molecule has 0 bridgehead atoms. The maximum absolute atomic E-state index is 10.6. The minimum absolute atomic E-state index is 0. The second-order valence-corrected chi connectivity index (χ2v) is 3.07. The smallest absolute Gasteiger partial charge is 0.320 e. The number of halogens is 2. The summed E-state index contributed by atoms with van der Waals surface area (Å²) in [6.45, 7) is 0.639. The maximum Gasteiger partial charge on any atom is 0.320 e. The number of aliphatic carboxylic acids is 1. The second kappa shape index (κ2) is 5.89. The number of nitrogens with one attached hydrogen (secondary N) is 1. The van der Waals surface area contributed by atoms with E-state index in [0.717, 1.165) is 0 Å². The zero-order valence-corrected chi connectivity index (χ0v) is 9.37. The van der Waals surface area contributed by atoms with E-state index in [4.69, 9.17) is 5.11 Å². The van der Waals surface area contributed by atoms with E-state index in [2.05, 4.69) is 15.6 Å². The molecule has 0 amide bonds. The van der Waals surface area contributed by atoms with E-state index in [1.54, 1.807) is 17.1 Å². The molecule has 1 aliphatic rings. The van der Waals surface area contributed by atoms with Gasteiger partial charge in [0.1, 0.15) is 6.04 Å². The number of aromatic nitrogens is 3. The van der Waals surface area contributed by atoms with Crippen molar-refractivity contribution in [3.63, 3.8) is 0 Å². The first-order chi connectivity index (χ1) is 6.27. The fourth-order valence-electron chi connectivity index (χ4n) is 1.52. The molecule has 0 aromatic carbocycles. The Morgan fingerprint density at radius 2 is 2.27 bits per heavy atom. The molecule has 8 heteroatoms. The molecule has 1 aromatic heterocycles. The molecular formula is C7H12Cl2N4O2. The molecule has 1 saturated heterocycles. The van der Waals surface area contributed by atoms with Crippen LogP contribution in [0.25, 0.3) is 0 Å². The second-order valence-electron chi connectivity index (χ2n) is 3.07. The first-order valence-electron chi connectivity index (χ1n) is 4.09. The summed E-state index contributed by atoms with van der Waals surface area (Å²) in [5.74, 6) is -0.803. The van der Waals surface area contributed by atoms with Crippen molar-refractivity contribution < 1.29 is 9.90 Å². The quantitative estimate of drug-likeness (QED) is 0.784. The van der Waals surface area contributed by atoms with Crippen molar-refractivity contribution in [1.29, 1.82) is 0 Å². The molecule has 2 atom stereocenters. The first-order valence-corrected chi connectivity index (χ1v) is 4.09. The normalized spacial score (nSPS) is 24.0. The van der Waals surface area contributed by atoms with Gasteiger partial charge < -0.3 is 10.4 Å². The summed E-state index contributed by atoms with van der Waals surface area (Å²) >= 11 is 0. The van der Waals surface area contributed by atoms with Crippen molar-refractivity contribution in [3.8, 4) is 0 Å². The van der Waals surface area contributed by atoms with Gasteiger partial charge in [0.2, 0.25) is 0 Å². The lowest BCUT2D eigenvalue weighted by atomic mass is 10.2. The molecule has 2 heterocycles. The summed E-state index contributed by atoms with van der Waals surface area (Å²) < 4.78 is 1.69. The Morgan fingerprint density at radius 1 is 1.53 bits per heavy atom. The van der Waals surface area contributed by atoms with Crippen LogP contribution in [0.5, 0.6) is 0 Å². The summed E-state index contributed by atoms with van der Waals surface area (Å²) in [5, 5.41) is 19.1. The number of nitrogens with zero attached hydrogens (tertiary/aromatic N) is 3. The molecule has 0 unspecified atom stereocenters. The molecule has 6 nitrogen and oxygen atoms in total. The zero-order chi connectivity index (χ0) is 9.26. The zero-order valence-electron chi connectivity index (χ0n) is 7.74. The van der Waals surface area contributed by atoms with Crippen molar-refractivity contribution in [2.24, 2.45) is 0 Å². The van der Waals surface area contributed by atoms with Gasteiger partial charge in [-0.2, -0.15) is 0 Å². The molecule has 0 radical (unpaired) electrons. The van der Waals surface area contributed by atoms with Gasteiger partial charge in [-0.05, 0) is 6.42 Å². The van der Waals surface area contributed by atoms with Crippen LogP contribution in [0.4, 0.5) is 0 Å². The Kier molecular flexibility index (Phi) is 5.56. The number of carbonyl (C=O) groups is 1.